The summed E-state index contributed by atoms with van der Waals surface area (Å²) in [5.41, 5.74) is -0.0406. The van der Waals surface area contributed by atoms with Crippen LogP contribution in [-0.2, 0) is 0 Å². The van der Waals surface area contributed by atoms with E-state index >= 15 is 0 Å². The van der Waals surface area contributed by atoms with Gasteiger partial charge in [-0.25, -0.2) is 0 Å². The molecule has 4 heteroatoms. The van der Waals surface area contributed by atoms with E-state index in [9.17, 15) is 15.0 Å². The molecule has 3 N–H and O–H groups in total. The summed E-state index contributed by atoms with van der Waals surface area (Å²) in [5.74, 6) is -0.0644. The van der Waals surface area contributed by atoms with Crippen LogP contribution in [0.4, 0.5) is 0 Å². The highest BCUT2D eigenvalue weighted by Gasteiger charge is 2.19. The third-order valence-electron chi connectivity index (χ3n) is 3.31. The fourth-order valence-corrected chi connectivity index (χ4v) is 2.02. The quantitative estimate of drug-likeness (QED) is 0.747. The maximum Gasteiger partial charge on any atom is 0.258 e. The molecule has 4 nitrogen and oxygen atoms in total. The van der Waals surface area contributed by atoms with E-state index in [2.05, 4.69) is 5.32 Å². The van der Waals surface area contributed by atoms with Crippen molar-refractivity contribution in [3.63, 3.8) is 0 Å². The minimum Gasteiger partial charge on any atom is -0.507 e. The van der Waals surface area contributed by atoms with Crippen LogP contribution in [0.5, 0.6) is 11.5 Å². The van der Waals surface area contributed by atoms with Gasteiger partial charge in [-0.3, -0.25) is 4.79 Å². The smallest absolute Gasteiger partial charge is 0.258 e. The number of hydrogen-bond acceptors (Lipinski definition) is 3. The minimum absolute atomic E-state index is 0.0406. The van der Waals surface area contributed by atoms with Gasteiger partial charge in [-0.05, 0) is 24.5 Å². The fourth-order valence-electron chi connectivity index (χ4n) is 2.02. The third-order valence-corrected chi connectivity index (χ3v) is 3.31. The number of phenols is 2. The first kappa shape index (κ1) is 11.8. The van der Waals surface area contributed by atoms with Gasteiger partial charge in [-0.2, -0.15) is 0 Å². The number of carbonyl (C=O) groups is 1. The molecule has 0 saturated heterocycles. The Morgan fingerprint density at radius 3 is 2.47 bits per heavy atom. The van der Waals surface area contributed by atoms with Crippen molar-refractivity contribution < 1.29 is 15.0 Å². The highest BCUT2D eigenvalue weighted by atomic mass is 16.3. The molecule has 92 valence electrons. The molecular weight excluding hydrogens is 218 g/mol. The average Bonchev–Trinajstić information content (AvgIpc) is 2.21. The largest absolute Gasteiger partial charge is 0.507 e. The number of amides is 1. The van der Waals surface area contributed by atoms with Gasteiger partial charge in [-0.15, -0.1) is 0 Å². The van der Waals surface area contributed by atoms with Crippen LogP contribution in [0.25, 0.3) is 0 Å². The molecule has 1 aromatic carbocycles. The first-order valence-electron chi connectivity index (χ1n) is 5.97. The van der Waals surface area contributed by atoms with Crippen molar-refractivity contribution in [2.45, 2.75) is 25.7 Å². The lowest BCUT2D eigenvalue weighted by Gasteiger charge is -2.25. The number of hydrogen-bond donors (Lipinski definition) is 3. The number of nitrogens with one attached hydrogen (secondary N) is 1. The Kier molecular flexibility index (Phi) is 3.52. The summed E-state index contributed by atoms with van der Waals surface area (Å²) in [6.07, 6.45) is 4.76. The Balaban J connectivity index is 1.90. The SMILES string of the molecule is O=C(NCCC1CCC1)c1c(O)cccc1O. The topological polar surface area (TPSA) is 69.6 Å². The lowest BCUT2D eigenvalue weighted by molar-refractivity contribution is 0.0943. The van der Waals surface area contributed by atoms with Gasteiger partial charge in [0, 0.05) is 6.54 Å². The number of rotatable bonds is 4. The van der Waals surface area contributed by atoms with E-state index < -0.39 is 5.91 Å². The van der Waals surface area contributed by atoms with Crippen molar-refractivity contribution in [2.75, 3.05) is 6.54 Å². The van der Waals surface area contributed by atoms with Crippen LogP contribution < -0.4 is 5.32 Å². The van der Waals surface area contributed by atoms with E-state index in [0.717, 1.165) is 12.3 Å². The second-order valence-electron chi connectivity index (χ2n) is 4.51. The molecule has 0 radical (unpaired) electrons. The number of phenolic OH excluding ortho intramolecular Hbond substituents is 2. The first-order chi connectivity index (χ1) is 8.18. The van der Waals surface area contributed by atoms with Crippen LogP contribution in [0.1, 0.15) is 36.0 Å². The van der Waals surface area contributed by atoms with Gasteiger partial charge in [0.1, 0.15) is 17.1 Å². The third kappa shape index (κ3) is 2.70. The lowest BCUT2D eigenvalue weighted by Crippen LogP contribution is -2.27. The molecule has 17 heavy (non-hydrogen) atoms. The second-order valence-corrected chi connectivity index (χ2v) is 4.51. The predicted octanol–water partition coefficient (Wildman–Crippen LogP) is 2.02. The van der Waals surface area contributed by atoms with E-state index in [-0.39, 0.29) is 17.1 Å². The number of carbonyl (C=O) groups excluding carboxylic acids is 1. The average molecular weight is 235 g/mol. The molecule has 1 aliphatic rings. The van der Waals surface area contributed by atoms with Crippen LogP contribution in [0.15, 0.2) is 18.2 Å². The van der Waals surface area contributed by atoms with Crippen LogP contribution in [0.3, 0.4) is 0 Å². The van der Waals surface area contributed by atoms with Crippen molar-refractivity contribution in [1.29, 1.82) is 0 Å². The highest BCUT2D eigenvalue weighted by Crippen LogP contribution is 2.29. The zero-order valence-electron chi connectivity index (χ0n) is 9.65. The Morgan fingerprint density at radius 1 is 1.29 bits per heavy atom. The van der Waals surface area contributed by atoms with E-state index in [1.165, 1.54) is 37.5 Å². The Hall–Kier alpha value is -1.71. The summed E-state index contributed by atoms with van der Waals surface area (Å²) in [6.45, 7) is 0.595. The van der Waals surface area contributed by atoms with Gasteiger partial charge in [0.2, 0.25) is 0 Å². The van der Waals surface area contributed by atoms with Crippen molar-refractivity contribution in [3.8, 4) is 11.5 Å². The van der Waals surface area contributed by atoms with Crippen LogP contribution in [0.2, 0.25) is 0 Å². The van der Waals surface area contributed by atoms with Crippen molar-refractivity contribution in [1.82, 2.24) is 5.32 Å². The monoisotopic (exact) mass is 235 g/mol. The summed E-state index contributed by atoms with van der Waals surface area (Å²) in [6, 6.07) is 4.27. The predicted molar refractivity (Wildman–Crippen MR) is 64.1 cm³/mol. The molecule has 0 unspecified atom stereocenters. The van der Waals surface area contributed by atoms with Crippen molar-refractivity contribution in [3.05, 3.63) is 23.8 Å². The molecule has 1 aromatic rings. The molecule has 1 aliphatic carbocycles. The normalized spacial score (nSPS) is 15.3. The van der Waals surface area contributed by atoms with E-state index in [1.807, 2.05) is 0 Å². The van der Waals surface area contributed by atoms with Gasteiger partial charge >= 0.3 is 0 Å². The summed E-state index contributed by atoms with van der Waals surface area (Å²) >= 11 is 0. The summed E-state index contributed by atoms with van der Waals surface area (Å²) in [7, 11) is 0. The fraction of sp³-hybridized carbons (Fsp3) is 0.462. The van der Waals surface area contributed by atoms with E-state index in [1.54, 1.807) is 0 Å². The van der Waals surface area contributed by atoms with Crippen LogP contribution >= 0.6 is 0 Å². The number of benzene rings is 1. The van der Waals surface area contributed by atoms with Gasteiger partial charge in [0.15, 0.2) is 0 Å². The van der Waals surface area contributed by atoms with Crippen molar-refractivity contribution in [2.24, 2.45) is 5.92 Å². The van der Waals surface area contributed by atoms with E-state index in [0.29, 0.717) is 6.54 Å². The first-order valence-corrected chi connectivity index (χ1v) is 5.97. The summed E-state index contributed by atoms with van der Waals surface area (Å²) < 4.78 is 0. The molecule has 0 atom stereocenters. The van der Waals surface area contributed by atoms with E-state index in [4.69, 9.17) is 0 Å². The summed E-state index contributed by atoms with van der Waals surface area (Å²) in [5, 5.41) is 21.7. The molecule has 1 saturated carbocycles. The van der Waals surface area contributed by atoms with Gasteiger partial charge in [0.05, 0.1) is 0 Å². The molecule has 0 aromatic heterocycles. The molecule has 2 rings (SSSR count). The van der Waals surface area contributed by atoms with Crippen molar-refractivity contribution >= 4 is 5.91 Å². The maximum absolute atomic E-state index is 11.7. The molecule has 1 amide bonds. The van der Waals surface area contributed by atoms with Crippen LogP contribution in [0, 0.1) is 5.92 Å². The lowest BCUT2D eigenvalue weighted by atomic mass is 9.83. The second kappa shape index (κ2) is 5.08. The van der Waals surface area contributed by atoms with Gasteiger partial charge < -0.3 is 15.5 Å². The molecule has 0 spiro atoms. The standard InChI is InChI=1S/C13H17NO3/c15-10-5-2-6-11(16)12(10)13(17)14-8-7-9-3-1-4-9/h2,5-6,9,15-16H,1,3-4,7-8H2,(H,14,17). The van der Waals surface area contributed by atoms with Crippen LogP contribution in [-0.4, -0.2) is 22.7 Å². The Morgan fingerprint density at radius 2 is 1.94 bits per heavy atom. The molecule has 1 fully saturated rings. The Labute approximate surface area is 100 Å². The van der Waals surface area contributed by atoms with Gasteiger partial charge in [0.25, 0.3) is 5.91 Å². The van der Waals surface area contributed by atoms with Gasteiger partial charge in [-0.1, -0.05) is 25.3 Å². The Bertz CT molecular complexity index is 393. The zero-order valence-corrected chi connectivity index (χ0v) is 9.65. The molecule has 0 aliphatic heterocycles. The molecule has 0 heterocycles. The molecule has 0 bridgehead atoms. The maximum atomic E-state index is 11.7. The number of aromatic hydroxyl groups is 2. The minimum atomic E-state index is -0.417. The summed E-state index contributed by atoms with van der Waals surface area (Å²) in [4.78, 5) is 11.7. The zero-order chi connectivity index (χ0) is 12.3. The highest BCUT2D eigenvalue weighted by molar-refractivity contribution is 5.99. The molecular formula is C13H17NO3.